The van der Waals surface area contributed by atoms with Gasteiger partial charge in [0.2, 0.25) is 5.91 Å². The molecular weight excluding hydrogens is 552 g/mol. The van der Waals surface area contributed by atoms with Crippen LogP contribution in [0.3, 0.4) is 0 Å². The Kier molecular flexibility index (Phi) is 9.89. The molecule has 218 valence electrons. The van der Waals surface area contributed by atoms with E-state index in [0.29, 0.717) is 16.8 Å². The van der Waals surface area contributed by atoms with Crippen LogP contribution in [0.2, 0.25) is 0 Å². The molecule has 11 nitrogen and oxygen atoms in total. The highest BCUT2D eigenvalue weighted by atomic mass is 16.6. The zero-order valence-corrected chi connectivity index (χ0v) is 23.4. The van der Waals surface area contributed by atoms with Crippen molar-refractivity contribution in [1.82, 2.24) is 5.32 Å². The summed E-state index contributed by atoms with van der Waals surface area (Å²) in [6, 6.07) is 25.9. The molecule has 0 heterocycles. The number of nitrogens with one attached hydrogen (secondary N) is 2. The van der Waals surface area contributed by atoms with E-state index in [1.807, 2.05) is 36.4 Å². The average Bonchev–Trinajstić information content (AvgIpc) is 3.05. The summed E-state index contributed by atoms with van der Waals surface area (Å²) in [4.78, 5) is 38.4. The summed E-state index contributed by atoms with van der Waals surface area (Å²) in [5, 5.41) is 27.2. The summed E-state index contributed by atoms with van der Waals surface area (Å²) in [6.07, 6.45) is 0. The number of amides is 1. The molecule has 0 aliphatic rings. The lowest BCUT2D eigenvalue weighted by molar-refractivity contribution is -0.385. The molecule has 0 aliphatic carbocycles. The Hall–Kier alpha value is -5.89. The first-order valence-electron chi connectivity index (χ1n) is 13.1. The Bertz CT molecular complexity index is 1620. The maximum Gasteiger partial charge on any atom is 0.333 e. The number of esters is 1. The van der Waals surface area contributed by atoms with E-state index in [4.69, 9.17) is 14.2 Å². The van der Waals surface area contributed by atoms with Crippen LogP contribution in [0.1, 0.15) is 34.3 Å². The maximum atomic E-state index is 13.9. The molecule has 2 N–H and O–H groups in total. The lowest BCUT2D eigenvalue weighted by atomic mass is 10.0. The number of nitrogens with zero attached hydrogens (tertiary/aromatic N) is 2. The largest absolute Gasteiger partial charge is 0.493 e. The predicted octanol–water partition coefficient (Wildman–Crippen LogP) is 5.24. The second kappa shape index (κ2) is 14.1. The minimum atomic E-state index is -1.39. The predicted molar refractivity (Wildman–Crippen MR) is 157 cm³/mol. The number of nitriles is 1. The van der Waals surface area contributed by atoms with Gasteiger partial charge in [0.05, 0.1) is 42.4 Å². The van der Waals surface area contributed by atoms with Crippen LogP contribution in [0, 0.1) is 21.4 Å². The number of carbonyl (C=O) groups excluding carboxylic acids is 2. The van der Waals surface area contributed by atoms with E-state index >= 15 is 0 Å². The average molecular weight is 581 g/mol. The Morgan fingerprint density at radius 2 is 1.56 bits per heavy atom. The molecule has 4 aromatic carbocycles. The van der Waals surface area contributed by atoms with Crippen molar-refractivity contribution in [2.45, 2.75) is 18.7 Å². The summed E-state index contributed by atoms with van der Waals surface area (Å²) < 4.78 is 16.3. The van der Waals surface area contributed by atoms with Crippen molar-refractivity contribution in [2.24, 2.45) is 0 Å². The lowest BCUT2D eigenvalue weighted by Gasteiger charge is -2.24. The number of rotatable bonds is 12. The van der Waals surface area contributed by atoms with Gasteiger partial charge in [-0.25, -0.2) is 4.79 Å². The fraction of sp³-hybridized carbons (Fsp3) is 0.156. The first kappa shape index (κ1) is 30.1. The van der Waals surface area contributed by atoms with Crippen LogP contribution >= 0.6 is 0 Å². The SMILES string of the molecule is COC(=O)C(NC(=O)[C@@H](Nc1ccc(C#N)cc1)c1cc(OC)c(OCc2ccccc2)cc1[N+](=O)[O-])c1ccccc1. The smallest absolute Gasteiger partial charge is 0.333 e. The van der Waals surface area contributed by atoms with E-state index in [9.17, 15) is 25.0 Å². The highest BCUT2D eigenvalue weighted by Gasteiger charge is 2.34. The molecule has 0 saturated heterocycles. The summed E-state index contributed by atoms with van der Waals surface area (Å²) in [6.45, 7) is 0.124. The zero-order valence-electron chi connectivity index (χ0n) is 23.4. The molecule has 43 heavy (non-hydrogen) atoms. The Labute approximate surface area is 247 Å². The lowest BCUT2D eigenvalue weighted by Crippen LogP contribution is -2.40. The van der Waals surface area contributed by atoms with Gasteiger partial charge in [-0.3, -0.25) is 14.9 Å². The number of benzene rings is 4. The van der Waals surface area contributed by atoms with Gasteiger partial charge < -0.3 is 24.8 Å². The highest BCUT2D eigenvalue weighted by molar-refractivity contribution is 5.91. The number of hydrogen-bond acceptors (Lipinski definition) is 9. The molecule has 4 aromatic rings. The fourth-order valence-electron chi connectivity index (χ4n) is 4.32. The van der Waals surface area contributed by atoms with Gasteiger partial charge in [-0.2, -0.15) is 5.26 Å². The van der Waals surface area contributed by atoms with Crippen LogP contribution in [0.4, 0.5) is 11.4 Å². The summed E-state index contributed by atoms with van der Waals surface area (Å²) in [5.41, 5.74) is 1.61. The minimum absolute atomic E-state index is 0.0487. The molecule has 0 bridgehead atoms. The number of carbonyl (C=O) groups is 2. The van der Waals surface area contributed by atoms with Crippen LogP contribution in [-0.2, 0) is 20.9 Å². The number of methoxy groups -OCH3 is 2. The zero-order chi connectivity index (χ0) is 30.8. The van der Waals surface area contributed by atoms with Gasteiger partial charge in [0.1, 0.15) is 12.6 Å². The minimum Gasteiger partial charge on any atom is -0.493 e. The molecule has 0 spiro atoms. The summed E-state index contributed by atoms with van der Waals surface area (Å²) in [7, 11) is 2.58. The van der Waals surface area contributed by atoms with Gasteiger partial charge in [-0.15, -0.1) is 0 Å². The molecular formula is C32H28N4O7. The van der Waals surface area contributed by atoms with Gasteiger partial charge in [-0.05, 0) is 41.5 Å². The highest BCUT2D eigenvalue weighted by Crippen LogP contribution is 2.39. The van der Waals surface area contributed by atoms with E-state index in [1.54, 1.807) is 42.5 Å². The van der Waals surface area contributed by atoms with Crippen molar-refractivity contribution < 1.29 is 28.7 Å². The van der Waals surface area contributed by atoms with E-state index in [0.717, 1.165) is 5.56 Å². The van der Waals surface area contributed by atoms with Gasteiger partial charge in [-0.1, -0.05) is 60.7 Å². The number of hydrogen-bond donors (Lipinski definition) is 2. The third-order valence-electron chi connectivity index (χ3n) is 6.50. The van der Waals surface area contributed by atoms with E-state index in [2.05, 4.69) is 10.6 Å². The van der Waals surface area contributed by atoms with Gasteiger partial charge >= 0.3 is 5.97 Å². The number of ether oxygens (including phenoxy) is 3. The van der Waals surface area contributed by atoms with E-state index in [1.165, 1.54) is 38.5 Å². The Balaban J connectivity index is 1.77. The van der Waals surface area contributed by atoms with Crippen molar-refractivity contribution >= 4 is 23.3 Å². The molecule has 1 unspecified atom stereocenters. The molecule has 0 fully saturated rings. The standard InChI is InChI=1S/C32H28N4O7/c1-41-27-17-25(26(36(39)40)18-28(27)43-20-22-9-5-3-6-10-22)30(34-24-15-13-21(19-33)14-16-24)31(37)35-29(32(38)42-2)23-11-7-4-8-12-23/h3-18,29-30,34H,20H2,1-2H3,(H,35,37)/t29?,30-/m0/s1. The maximum absolute atomic E-state index is 13.9. The van der Waals surface area contributed by atoms with Crippen molar-refractivity contribution in [2.75, 3.05) is 19.5 Å². The van der Waals surface area contributed by atoms with Gasteiger partial charge in [0.15, 0.2) is 17.5 Å². The van der Waals surface area contributed by atoms with Crippen molar-refractivity contribution in [3.05, 3.63) is 129 Å². The van der Waals surface area contributed by atoms with Crippen LogP contribution in [0.25, 0.3) is 0 Å². The molecule has 0 radical (unpaired) electrons. The number of anilines is 1. The molecule has 1 amide bonds. The summed E-state index contributed by atoms with van der Waals surface area (Å²) >= 11 is 0. The topological polar surface area (TPSA) is 153 Å². The van der Waals surface area contributed by atoms with Gasteiger partial charge in [0.25, 0.3) is 5.69 Å². The second-order valence-electron chi connectivity index (χ2n) is 9.24. The van der Waals surface area contributed by atoms with Crippen molar-refractivity contribution in [1.29, 1.82) is 5.26 Å². The van der Waals surface area contributed by atoms with Crippen LogP contribution in [0.5, 0.6) is 11.5 Å². The van der Waals surface area contributed by atoms with E-state index < -0.39 is 34.6 Å². The number of nitro groups is 1. The van der Waals surface area contributed by atoms with Gasteiger partial charge in [0, 0.05) is 5.69 Å². The molecule has 0 saturated carbocycles. The Morgan fingerprint density at radius 3 is 2.14 bits per heavy atom. The quantitative estimate of drug-likeness (QED) is 0.130. The van der Waals surface area contributed by atoms with Crippen LogP contribution < -0.4 is 20.1 Å². The van der Waals surface area contributed by atoms with E-state index in [-0.39, 0.29) is 23.7 Å². The first-order chi connectivity index (χ1) is 20.8. The fourth-order valence-corrected chi connectivity index (χ4v) is 4.32. The van der Waals surface area contributed by atoms with Crippen LogP contribution in [0.15, 0.2) is 97.1 Å². The summed E-state index contributed by atoms with van der Waals surface area (Å²) in [5.74, 6) is -1.22. The third-order valence-corrected chi connectivity index (χ3v) is 6.50. The van der Waals surface area contributed by atoms with Crippen molar-refractivity contribution in [3.8, 4) is 17.6 Å². The number of nitro benzene ring substituents is 1. The monoisotopic (exact) mass is 580 g/mol. The van der Waals surface area contributed by atoms with Crippen LogP contribution in [-0.4, -0.2) is 31.0 Å². The molecule has 0 aromatic heterocycles. The van der Waals surface area contributed by atoms with Crippen molar-refractivity contribution in [3.63, 3.8) is 0 Å². The molecule has 11 heteroatoms. The molecule has 2 atom stereocenters. The molecule has 0 aliphatic heterocycles. The first-order valence-corrected chi connectivity index (χ1v) is 13.1. The molecule has 4 rings (SSSR count). The second-order valence-corrected chi connectivity index (χ2v) is 9.24. The Morgan fingerprint density at radius 1 is 0.907 bits per heavy atom. The normalized spacial score (nSPS) is 11.7. The third kappa shape index (κ3) is 7.45.